The van der Waals surface area contributed by atoms with E-state index in [4.69, 9.17) is 0 Å². The molecule has 1 amide bonds. The van der Waals surface area contributed by atoms with Gasteiger partial charge in [-0.15, -0.1) is 0 Å². The topological polar surface area (TPSA) is 58.2 Å². The molecule has 0 saturated heterocycles. The number of aldehydes is 1. The van der Waals surface area contributed by atoms with Crippen LogP contribution in [0.15, 0.2) is 18.2 Å². The van der Waals surface area contributed by atoms with Crippen molar-refractivity contribution < 1.29 is 14.0 Å². The highest BCUT2D eigenvalue weighted by Gasteiger charge is 2.42. The Labute approximate surface area is 98.2 Å². The van der Waals surface area contributed by atoms with Crippen LogP contribution in [0.1, 0.15) is 23.2 Å². The van der Waals surface area contributed by atoms with Crippen LogP contribution < -0.4 is 10.6 Å². The van der Waals surface area contributed by atoms with E-state index in [1.807, 2.05) is 0 Å². The molecule has 0 radical (unpaired) electrons. The van der Waals surface area contributed by atoms with Gasteiger partial charge in [0.25, 0.3) is 5.91 Å². The average molecular weight is 236 g/mol. The normalized spacial score (nSPS) is 16.1. The summed E-state index contributed by atoms with van der Waals surface area (Å²) in [5, 5.41) is 5.32. The number of nitrogens with one attached hydrogen (secondary N) is 2. The van der Waals surface area contributed by atoms with Crippen LogP contribution in [0.2, 0.25) is 0 Å². The number of rotatable bonds is 4. The van der Waals surface area contributed by atoms with Gasteiger partial charge in [-0.2, -0.15) is 0 Å². The zero-order valence-electron chi connectivity index (χ0n) is 9.42. The number of benzene rings is 1. The minimum Gasteiger partial charge on any atom is -0.373 e. The number of hydrogen-bond acceptors (Lipinski definition) is 3. The summed E-state index contributed by atoms with van der Waals surface area (Å²) in [5.41, 5.74) is -0.0187. The summed E-state index contributed by atoms with van der Waals surface area (Å²) in [4.78, 5) is 22.1. The van der Waals surface area contributed by atoms with Crippen molar-refractivity contribution in [3.8, 4) is 0 Å². The van der Waals surface area contributed by atoms with Crippen LogP contribution in [-0.4, -0.2) is 24.8 Å². The van der Waals surface area contributed by atoms with E-state index in [2.05, 4.69) is 10.6 Å². The molecular formula is C12H13FN2O2. The molecule has 2 rings (SSSR count). The number of carbonyl (C=O) groups is 2. The maximum absolute atomic E-state index is 13.6. The summed E-state index contributed by atoms with van der Waals surface area (Å²) in [6.45, 7) is 0. The van der Waals surface area contributed by atoms with Gasteiger partial charge in [0.05, 0.1) is 11.1 Å². The highest BCUT2D eigenvalue weighted by Crippen LogP contribution is 2.36. The van der Waals surface area contributed by atoms with E-state index >= 15 is 0 Å². The first kappa shape index (κ1) is 11.6. The Morgan fingerprint density at radius 2 is 2.18 bits per heavy atom. The third-order valence-corrected chi connectivity index (χ3v) is 2.85. The van der Waals surface area contributed by atoms with Gasteiger partial charge in [0.1, 0.15) is 12.1 Å². The number of halogens is 1. The van der Waals surface area contributed by atoms with Gasteiger partial charge in [-0.05, 0) is 31.0 Å². The summed E-state index contributed by atoms with van der Waals surface area (Å²) in [7, 11) is 1.44. The Morgan fingerprint density at radius 1 is 1.47 bits per heavy atom. The SMILES string of the molecule is CNC(=O)c1ccc(NC2(C=O)CC2)cc1F. The Morgan fingerprint density at radius 3 is 2.65 bits per heavy atom. The van der Waals surface area contributed by atoms with E-state index in [9.17, 15) is 14.0 Å². The minimum atomic E-state index is -0.601. The van der Waals surface area contributed by atoms with Gasteiger partial charge in [0.2, 0.25) is 0 Å². The predicted molar refractivity (Wildman–Crippen MR) is 61.4 cm³/mol. The fourth-order valence-corrected chi connectivity index (χ4v) is 1.61. The molecule has 5 heteroatoms. The molecule has 0 heterocycles. The first-order valence-electron chi connectivity index (χ1n) is 5.36. The number of amides is 1. The maximum atomic E-state index is 13.6. The Kier molecular flexibility index (Phi) is 2.83. The Bertz CT molecular complexity index is 470. The highest BCUT2D eigenvalue weighted by atomic mass is 19.1. The zero-order chi connectivity index (χ0) is 12.5. The largest absolute Gasteiger partial charge is 0.373 e. The van der Waals surface area contributed by atoms with Gasteiger partial charge >= 0.3 is 0 Å². The third kappa shape index (κ3) is 2.27. The lowest BCUT2D eigenvalue weighted by molar-refractivity contribution is -0.109. The standard InChI is InChI=1S/C12H13FN2O2/c1-14-11(17)9-3-2-8(6-10(9)13)15-12(7-16)4-5-12/h2-3,6-7,15H,4-5H2,1H3,(H,14,17). The van der Waals surface area contributed by atoms with Crippen LogP contribution in [-0.2, 0) is 4.79 Å². The molecule has 1 aliphatic carbocycles. The van der Waals surface area contributed by atoms with Gasteiger partial charge in [-0.1, -0.05) is 0 Å². The van der Waals surface area contributed by atoms with Gasteiger partial charge in [0.15, 0.2) is 0 Å². The van der Waals surface area contributed by atoms with Crippen molar-refractivity contribution in [2.45, 2.75) is 18.4 Å². The average Bonchev–Trinajstić information content (AvgIpc) is 3.09. The van der Waals surface area contributed by atoms with Gasteiger partial charge in [0, 0.05) is 12.7 Å². The third-order valence-electron chi connectivity index (χ3n) is 2.85. The van der Waals surface area contributed by atoms with Gasteiger partial charge < -0.3 is 15.4 Å². The summed E-state index contributed by atoms with van der Waals surface area (Å²) in [6, 6.07) is 4.22. The Balaban J connectivity index is 2.19. The fourth-order valence-electron chi connectivity index (χ4n) is 1.61. The van der Waals surface area contributed by atoms with E-state index in [-0.39, 0.29) is 5.56 Å². The molecule has 1 aliphatic rings. The van der Waals surface area contributed by atoms with Crippen molar-refractivity contribution in [1.82, 2.24) is 5.32 Å². The zero-order valence-corrected chi connectivity index (χ0v) is 9.42. The van der Waals surface area contributed by atoms with Crippen LogP contribution in [0.4, 0.5) is 10.1 Å². The Hall–Kier alpha value is -1.91. The van der Waals surface area contributed by atoms with Gasteiger partial charge in [-0.25, -0.2) is 4.39 Å². The van der Waals surface area contributed by atoms with Crippen molar-refractivity contribution in [1.29, 1.82) is 0 Å². The van der Waals surface area contributed by atoms with Crippen LogP contribution in [0, 0.1) is 5.82 Å². The molecule has 0 aromatic heterocycles. The van der Waals surface area contributed by atoms with Crippen molar-refractivity contribution in [3.05, 3.63) is 29.6 Å². The molecule has 0 bridgehead atoms. The molecule has 0 unspecified atom stereocenters. The quantitative estimate of drug-likeness (QED) is 0.775. The molecule has 90 valence electrons. The summed E-state index contributed by atoms with van der Waals surface area (Å²) in [5.74, 6) is -1.07. The lowest BCUT2D eigenvalue weighted by atomic mass is 10.1. The smallest absolute Gasteiger partial charge is 0.253 e. The predicted octanol–water partition coefficient (Wildman–Crippen LogP) is 1.33. The molecule has 1 fully saturated rings. The van der Waals surface area contributed by atoms with E-state index in [1.54, 1.807) is 6.07 Å². The number of hydrogen-bond donors (Lipinski definition) is 2. The molecule has 4 nitrogen and oxygen atoms in total. The second-order valence-electron chi connectivity index (χ2n) is 4.17. The maximum Gasteiger partial charge on any atom is 0.253 e. The first-order valence-corrected chi connectivity index (χ1v) is 5.36. The highest BCUT2D eigenvalue weighted by molar-refractivity contribution is 5.94. The van der Waals surface area contributed by atoms with Crippen molar-refractivity contribution in [3.63, 3.8) is 0 Å². The van der Waals surface area contributed by atoms with Crippen LogP contribution >= 0.6 is 0 Å². The second kappa shape index (κ2) is 4.16. The molecule has 1 aromatic carbocycles. The summed E-state index contributed by atoms with van der Waals surface area (Å²) < 4.78 is 13.6. The fraction of sp³-hybridized carbons (Fsp3) is 0.333. The molecular weight excluding hydrogens is 223 g/mol. The lowest BCUT2D eigenvalue weighted by Crippen LogP contribution is -2.23. The molecule has 0 atom stereocenters. The van der Waals surface area contributed by atoms with Crippen LogP contribution in [0.3, 0.4) is 0 Å². The van der Waals surface area contributed by atoms with Crippen molar-refractivity contribution in [2.24, 2.45) is 0 Å². The van der Waals surface area contributed by atoms with Gasteiger partial charge in [-0.3, -0.25) is 4.79 Å². The summed E-state index contributed by atoms with van der Waals surface area (Å²) in [6.07, 6.45) is 2.36. The molecule has 2 N–H and O–H groups in total. The van der Waals surface area contributed by atoms with Crippen LogP contribution in [0.25, 0.3) is 0 Å². The summed E-state index contributed by atoms with van der Waals surface area (Å²) >= 11 is 0. The minimum absolute atomic E-state index is 0.00556. The molecule has 0 spiro atoms. The molecule has 1 aromatic rings. The van der Waals surface area contributed by atoms with E-state index in [0.717, 1.165) is 19.1 Å². The van der Waals surface area contributed by atoms with Crippen molar-refractivity contribution >= 4 is 17.9 Å². The molecule has 1 saturated carbocycles. The van der Waals surface area contributed by atoms with Crippen LogP contribution in [0.5, 0.6) is 0 Å². The number of anilines is 1. The monoisotopic (exact) mass is 236 g/mol. The molecule has 17 heavy (non-hydrogen) atoms. The van der Waals surface area contributed by atoms with Crippen molar-refractivity contribution in [2.75, 3.05) is 12.4 Å². The van der Waals surface area contributed by atoms with E-state index in [0.29, 0.717) is 5.69 Å². The van der Waals surface area contributed by atoms with E-state index in [1.165, 1.54) is 19.2 Å². The number of carbonyl (C=O) groups excluding carboxylic acids is 2. The first-order chi connectivity index (χ1) is 8.10. The molecule has 0 aliphatic heterocycles. The van der Waals surface area contributed by atoms with E-state index < -0.39 is 17.3 Å². The second-order valence-corrected chi connectivity index (χ2v) is 4.17. The lowest BCUT2D eigenvalue weighted by Gasteiger charge is -2.12.